The molecule has 0 atom stereocenters. The van der Waals surface area contributed by atoms with Crippen molar-refractivity contribution in [2.75, 3.05) is 32.1 Å². The van der Waals surface area contributed by atoms with Crippen molar-refractivity contribution in [1.82, 2.24) is 15.2 Å². The second kappa shape index (κ2) is 8.12. The van der Waals surface area contributed by atoms with Crippen LogP contribution < -0.4 is 10.2 Å². The molecule has 1 aromatic heterocycles. The van der Waals surface area contributed by atoms with Crippen molar-refractivity contribution in [3.05, 3.63) is 59.9 Å². The topological polar surface area (TPSA) is 48.5 Å². The van der Waals surface area contributed by atoms with Gasteiger partial charge in [0.2, 0.25) is 0 Å². The van der Waals surface area contributed by atoms with Crippen LogP contribution in [0.1, 0.15) is 28.9 Å². The van der Waals surface area contributed by atoms with E-state index in [1.54, 1.807) is 0 Å². The number of rotatable bonds is 5. The molecule has 1 saturated heterocycles. The highest BCUT2D eigenvalue weighted by Gasteiger charge is 2.21. The Labute approximate surface area is 149 Å². The lowest BCUT2D eigenvalue weighted by Gasteiger charge is -2.32. The average molecular weight is 338 g/mol. The maximum Gasteiger partial charge on any atom is 0.251 e. The molecule has 2 aromatic rings. The molecule has 0 aliphatic carbocycles. The van der Waals surface area contributed by atoms with E-state index in [9.17, 15) is 4.79 Å². The molecule has 1 aliphatic rings. The van der Waals surface area contributed by atoms with Crippen molar-refractivity contribution in [3.63, 3.8) is 0 Å². The summed E-state index contributed by atoms with van der Waals surface area (Å²) in [4.78, 5) is 21.3. The molecule has 0 radical (unpaired) electrons. The third-order valence-corrected chi connectivity index (χ3v) is 4.66. The van der Waals surface area contributed by atoms with Crippen LogP contribution >= 0.6 is 0 Å². The molecule has 1 N–H and O–H groups in total. The summed E-state index contributed by atoms with van der Waals surface area (Å²) in [6.07, 6.45) is 3.79. The third-order valence-electron chi connectivity index (χ3n) is 4.66. The summed E-state index contributed by atoms with van der Waals surface area (Å²) in [5, 5.41) is 3.19. The van der Waals surface area contributed by atoms with Crippen LogP contribution in [0.25, 0.3) is 0 Å². The molecule has 0 unspecified atom stereocenters. The summed E-state index contributed by atoms with van der Waals surface area (Å²) in [7, 11) is 3.96. The van der Waals surface area contributed by atoms with E-state index in [-0.39, 0.29) is 11.9 Å². The summed E-state index contributed by atoms with van der Waals surface area (Å²) in [5.41, 5.74) is 2.87. The molecule has 0 bridgehead atoms. The molecule has 1 aliphatic heterocycles. The Bertz CT molecular complexity index is 694. The summed E-state index contributed by atoms with van der Waals surface area (Å²) in [5.74, 6) is 0.0203. The first-order chi connectivity index (χ1) is 12.1. The number of anilines is 1. The number of carbonyl (C=O) groups excluding carboxylic acids is 1. The fourth-order valence-corrected chi connectivity index (χ4v) is 3.15. The first-order valence-corrected chi connectivity index (χ1v) is 8.82. The zero-order valence-electron chi connectivity index (χ0n) is 15.0. The van der Waals surface area contributed by atoms with Gasteiger partial charge in [-0.25, -0.2) is 0 Å². The highest BCUT2D eigenvalue weighted by molar-refractivity contribution is 5.95. The molecular weight excluding hydrogens is 312 g/mol. The Morgan fingerprint density at radius 2 is 2.00 bits per heavy atom. The Balaban J connectivity index is 1.50. The van der Waals surface area contributed by atoms with E-state index in [0.29, 0.717) is 0 Å². The van der Waals surface area contributed by atoms with E-state index in [0.717, 1.165) is 49.4 Å². The van der Waals surface area contributed by atoms with Crippen LogP contribution in [0, 0.1) is 0 Å². The first-order valence-electron chi connectivity index (χ1n) is 8.82. The maximum absolute atomic E-state index is 12.5. The summed E-state index contributed by atoms with van der Waals surface area (Å²) in [6.45, 7) is 2.85. The minimum Gasteiger partial charge on any atom is -0.378 e. The Hall–Kier alpha value is -2.40. The molecule has 25 heavy (non-hydrogen) atoms. The highest BCUT2D eigenvalue weighted by Crippen LogP contribution is 2.16. The van der Waals surface area contributed by atoms with Crippen molar-refractivity contribution in [1.29, 1.82) is 0 Å². The number of carbonyl (C=O) groups is 1. The largest absolute Gasteiger partial charge is 0.378 e. The molecule has 1 aromatic carbocycles. The molecule has 132 valence electrons. The van der Waals surface area contributed by atoms with E-state index in [1.807, 2.05) is 61.6 Å². The number of likely N-dealkylation sites (tertiary alicyclic amines) is 1. The second-order valence-corrected chi connectivity index (χ2v) is 6.79. The number of aromatic nitrogens is 1. The van der Waals surface area contributed by atoms with Crippen molar-refractivity contribution in [3.8, 4) is 0 Å². The fourth-order valence-electron chi connectivity index (χ4n) is 3.15. The van der Waals surface area contributed by atoms with Gasteiger partial charge in [0.15, 0.2) is 0 Å². The Kier molecular flexibility index (Phi) is 5.66. The molecule has 5 heteroatoms. The lowest BCUT2D eigenvalue weighted by molar-refractivity contribution is 0.0908. The monoisotopic (exact) mass is 338 g/mol. The van der Waals surface area contributed by atoms with Crippen LogP contribution in [0.4, 0.5) is 5.69 Å². The van der Waals surface area contributed by atoms with Crippen LogP contribution in [0.15, 0.2) is 48.7 Å². The second-order valence-electron chi connectivity index (χ2n) is 6.79. The van der Waals surface area contributed by atoms with Gasteiger partial charge in [0.1, 0.15) is 0 Å². The van der Waals surface area contributed by atoms with E-state index in [2.05, 4.69) is 21.3 Å². The third kappa shape index (κ3) is 4.79. The van der Waals surface area contributed by atoms with Gasteiger partial charge in [0.25, 0.3) is 5.91 Å². The zero-order chi connectivity index (χ0) is 17.6. The summed E-state index contributed by atoms with van der Waals surface area (Å²) < 4.78 is 0. The van der Waals surface area contributed by atoms with Crippen LogP contribution in [0.2, 0.25) is 0 Å². The number of hydrogen-bond acceptors (Lipinski definition) is 4. The zero-order valence-corrected chi connectivity index (χ0v) is 15.0. The molecule has 2 heterocycles. The van der Waals surface area contributed by atoms with Crippen molar-refractivity contribution >= 4 is 11.6 Å². The smallest absolute Gasteiger partial charge is 0.251 e. The van der Waals surface area contributed by atoms with Crippen LogP contribution in [0.5, 0.6) is 0 Å². The van der Waals surface area contributed by atoms with Gasteiger partial charge < -0.3 is 10.2 Å². The van der Waals surface area contributed by atoms with Gasteiger partial charge >= 0.3 is 0 Å². The van der Waals surface area contributed by atoms with Crippen LogP contribution in [0.3, 0.4) is 0 Å². The number of nitrogens with one attached hydrogen (secondary N) is 1. The predicted octanol–water partition coefficient (Wildman–Crippen LogP) is 2.54. The van der Waals surface area contributed by atoms with Crippen molar-refractivity contribution in [2.45, 2.75) is 25.4 Å². The molecule has 1 amide bonds. The average Bonchev–Trinajstić information content (AvgIpc) is 2.64. The molecular formula is C20H26N4O. The maximum atomic E-state index is 12.5. The number of benzene rings is 1. The van der Waals surface area contributed by atoms with E-state index in [4.69, 9.17) is 0 Å². The fraction of sp³-hybridized carbons (Fsp3) is 0.400. The number of pyridine rings is 1. The Morgan fingerprint density at radius 3 is 2.68 bits per heavy atom. The van der Waals surface area contributed by atoms with Gasteiger partial charge in [-0.05, 0) is 43.2 Å². The molecule has 3 rings (SSSR count). The van der Waals surface area contributed by atoms with Gasteiger partial charge in [0, 0.05) is 57.2 Å². The Morgan fingerprint density at radius 1 is 1.20 bits per heavy atom. The standard InChI is InChI=1S/C20H26N4O/c1-23(2)19-8-5-6-16(14-19)20(25)22-17-9-12-24(13-10-17)15-18-7-3-4-11-21-18/h3-8,11,14,17H,9-10,12-13,15H2,1-2H3,(H,22,25). The lowest BCUT2D eigenvalue weighted by Crippen LogP contribution is -2.44. The molecule has 1 fully saturated rings. The van der Waals surface area contributed by atoms with E-state index in [1.165, 1.54) is 0 Å². The number of piperidine rings is 1. The predicted molar refractivity (Wildman–Crippen MR) is 101 cm³/mol. The van der Waals surface area contributed by atoms with Crippen LogP contribution in [-0.4, -0.2) is 49.0 Å². The molecule has 0 saturated carbocycles. The highest BCUT2D eigenvalue weighted by atomic mass is 16.1. The normalized spacial score (nSPS) is 15.8. The molecule has 5 nitrogen and oxygen atoms in total. The SMILES string of the molecule is CN(C)c1cccc(C(=O)NC2CCN(Cc3ccccn3)CC2)c1. The minimum atomic E-state index is 0.0203. The van der Waals surface area contributed by atoms with Gasteiger partial charge in [-0.2, -0.15) is 0 Å². The summed E-state index contributed by atoms with van der Waals surface area (Å²) in [6, 6.07) is 14.0. The van der Waals surface area contributed by atoms with Crippen LogP contribution in [-0.2, 0) is 6.54 Å². The van der Waals surface area contributed by atoms with Crippen molar-refractivity contribution in [2.24, 2.45) is 0 Å². The quantitative estimate of drug-likeness (QED) is 0.910. The number of nitrogens with zero attached hydrogens (tertiary/aromatic N) is 3. The number of amides is 1. The van der Waals surface area contributed by atoms with E-state index < -0.39 is 0 Å². The summed E-state index contributed by atoms with van der Waals surface area (Å²) >= 11 is 0. The van der Waals surface area contributed by atoms with Gasteiger partial charge in [-0.15, -0.1) is 0 Å². The van der Waals surface area contributed by atoms with E-state index >= 15 is 0 Å². The number of hydrogen-bond donors (Lipinski definition) is 1. The van der Waals surface area contributed by atoms with Gasteiger partial charge in [-0.1, -0.05) is 12.1 Å². The minimum absolute atomic E-state index is 0.0203. The van der Waals surface area contributed by atoms with Gasteiger partial charge in [0.05, 0.1) is 5.69 Å². The molecule has 0 spiro atoms. The van der Waals surface area contributed by atoms with Crippen molar-refractivity contribution < 1.29 is 4.79 Å². The lowest BCUT2D eigenvalue weighted by atomic mass is 10.0. The van der Waals surface area contributed by atoms with Gasteiger partial charge in [-0.3, -0.25) is 14.7 Å². The first kappa shape index (κ1) is 17.4.